The molecule has 0 amide bonds. The zero-order valence-corrected chi connectivity index (χ0v) is 21.1. The number of rotatable bonds is 4. The molecule has 0 saturated heterocycles. The molecular weight excluding hydrogens is 663 g/mol. The molecule has 2 aromatic carbocycles. The van der Waals surface area contributed by atoms with Crippen LogP contribution in [0.3, 0.4) is 0 Å². The number of hydrogen-bond donors (Lipinski definition) is 0. The Hall–Kier alpha value is -2.02. The summed E-state index contributed by atoms with van der Waals surface area (Å²) >= 11 is 4.49. The topological polar surface area (TPSA) is 65.0 Å². The van der Waals surface area contributed by atoms with Crippen LogP contribution >= 0.6 is 45.2 Å². The zero-order chi connectivity index (χ0) is 20.5. The van der Waals surface area contributed by atoms with Gasteiger partial charge in [0, 0.05) is 35.0 Å². The van der Waals surface area contributed by atoms with Crippen LogP contribution in [0.4, 0.5) is 0 Å². The summed E-state index contributed by atoms with van der Waals surface area (Å²) in [6, 6.07) is 21.9. The number of benzene rings is 2. The third kappa shape index (κ3) is 4.61. The molecule has 1 radical (unpaired) electrons. The van der Waals surface area contributed by atoms with Crippen LogP contribution in [0.1, 0.15) is 0 Å². The summed E-state index contributed by atoms with van der Waals surface area (Å²) < 4.78 is 13.4. The number of aromatic nitrogens is 3. The van der Waals surface area contributed by atoms with E-state index in [1.165, 1.54) is 0 Å². The molecule has 5 aromatic rings. The molecule has 3 aromatic heterocycles. The van der Waals surface area contributed by atoms with Crippen LogP contribution in [-0.2, 0) is 16.8 Å². The van der Waals surface area contributed by atoms with Gasteiger partial charge in [-0.05, 0) is 51.2 Å². The minimum atomic E-state index is 0. The molecule has 5 rings (SSSR count). The van der Waals surface area contributed by atoms with E-state index in [9.17, 15) is 0 Å². The molecule has 0 aliphatic rings. The number of halogens is 2. The first-order valence-corrected chi connectivity index (χ1v) is 11.2. The molecular formula is C23H13CoI2N3O2. The van der Waals surface area contributed by atoms with E-state index in [0.717, 1.165) is 29.7 Å². The third-order valence-corrected chi connectivity index (χ3v) is 6.13. The van der Waals surface area contributed by atoms with Gasteiger partial charge in [0.25, 0.3) is 0 Å². The molecule has 3 heterocycles. The van der Waals surface area contributed by atoms with Gasteiger partial charge in [0.1, 0.15) is 35.3 Å². The van der Waals surface area contributed by atoms with Gasteiger partial charge in [-0.15, -0.1) is 0 Å². The van der Waals surface area contributed by atoms with Gasteiger partial charge in [0.2, 0.25) is 11.8 Å². The van der Waals surface area contributed by atoms with Crippen molar-refractivity contribution in [2.45, 2.75) is 0 Å². The minimum absolute atomic E-state index is 0. The van der Waals surface area contributed by atoms with E-state index in [1.54, 1.807) is 12.5 Å². The van der Waals surface area contributed by atoms with Gasteiger partial charge in [-0.1, -0.05) is 60.7 Å². The average Bonchev–Trinajstić information content (AvgIpc) is 3.46. The van der Waals surface area contributed by atoms with E-state index in [4.69, 9.17) is 13.8 Å². The number of oxazole rings is 2. The van der Waals surface area contributed by atoms with Crippen molar-refractivity contribution in [2.75, 3.05) is 0 Å². The van der Waals surface area contributed by atoms with Crippen molar-refractivity contribution >= 4 is 45.2 Å². The maximum atomic E-state index is 5.76. The summed E-state index contributed by atoms with van der Waals surface area (Å²) in [5.74, 6) is 0.927. The fraction of sp³-hybridized carbons (Fsp3) is 0. The normalized spacial score (nSPS) is 10.6. The summed E-state index contributed by atoms with van der Waals surface area (Å²) in [6.45, 7) is 0. The quantitative estimate of drug-likeness (QED) is 0.193. The maximum Gasteiger partial charge on any atom is 0.246 e. The summed E-state index contributed by atoms with van der Waals surface area (Å²) in [5, 5.41) is 0. The van der Waals surface area contributed by atoms with Crippen molar-refractivity contribution in [1.82, 2.24) is 15.0 Å². The summed E-state index contributed by atoms with van der Waals surface area (Å²) in [6.07, 6.45) is 3.30. The minimum Gasteiger partial charge on any atom is -0.443 e. The molecule has 0 atom stereocenters. The van der Waals surface area contributed by atoms with E-state index < -0.39 is 0 Å². The van der Waals surface area contributed by atoms with Crippen LogP contribution < -0.4 is 0 Å². The van der Waals surface area contributed by atoms with Crippen LogP contribution in [0.2, 0.25) is 0 Å². The molecule has 0 fully saturated rings. The van der Waals surface area contributed by atoms with Gasteiger partial charge in [-0.3, -0.25) is 0 Å². The Kier molecular flexibility index (Phi) is 6.89. The van der Waals surface area contributed by atoms with Crippen LogP contribution in [0.15, 0.2) is 88.1 Å². The van der Waals surface area contributed by atoms with Crippen LogP contribution in [0, 0.1) is 7.14 Å². The zero-order valence-electron chi connectivity index (χ0n) is 15.8. The first-order valence-electron chi connectivity index (χ1n) is 9.08. The van der Waals surface area contributed by atoms with Crippen molar-refractivity contribution in [3.05, 3.63) is 86.4 Å². The molecule has 0 spiro atoms. The van der Waals surface area contributed by atoms with Crippen molar-refractivity contribution in [2.24, 2.45) is 0 Å². The Balaban J connectivity index is 0.00000231. The molecule has 31 heavy (non-hydrogen) atoms. The standard InChI is InChI=1S/C23H13I2N3O2.Co/c24-16-11-17(25)21(23-27-19(13-30-23)15-9-5-2-6-10-15)28-20(16)22-26-18(12-29-22)14-7-3-1-4-8-14;/h1-13H;. The molecule has 0 N–H and O–H groups in total. The Morgan fingerprint density at radius 2 is 1.00 bits per heavy atom. The van der Waals surface area contributed by atoms with Gasteiger partial charge in [-0.2, -0.15) is 0 Å². The van der Waals surface area contributed by atoms with Gasteiger partial charge in [-0.25, -0.2) is 15.0 Å². The largest absolute Gasteiger partial charge is 0.443 e. The smallest absolute Gasteiger partial charge is 0.246 e. The predicted molar refractivity (Wildman–Crippen MR) is 132 cm³/mol. The SMILES string of the molecule is Ic1cc(I)c(-c2nc(-c3ccccc3)co2)nc1-c1nc(-c2ccccc2)co1.[Co]. The van der Waals surface area contributed by atoms with Gasteiger partial charge < -0.3 is 8.83 Å². The summed E-state index contributed by atoms with van der Waals surface area (Å²) in [7, 11) is 0. The predicted octanol–water partition coefficient (Wildman–Crippen LogP) is 6.93. The van der Waals surface area contributed by atoms with Gasteiger partial charge in [0.15, 0.2) is 0 Å². The molecule has 155 valence electrons. The Bertz CT molecular complexity index is 1220. The van der Waals surface area contributed by atoms with Crippen LogP contribution in [-0.4, -0.2) is 15.0 Å². The first kappa shape index (κ1) is 22.2. The molecule has 0 aliphatic heterocycles. The molecule has 0 bridgehead atoms. The molecule has 5 nitrogen and oxygen atoms in total. The maximum absolute atomic E-state index is 5.76. The summed E-state index contributed by atoms with van der Waals surface area (Å²) in [4.78, 5) is 14.1. The third-order valence-electron chi connectivity index (χ3n) is 4.48. The second-order valence-corrected chi connectivity index (χ2v) is 8.78. The summed E-state index contributed by atoms with van der Waals surface area (Å²) in [5.41, 5.74) is 4.85. The van der Waals surface area contributed by atoms with E-state index in [0.29, 0.717) is 23.2 Å². The second kappa shape index (κ2) is 9.63. The van der Waals surface area contributed by atoms with Crippen molar-refractivity contribution in [1.29, 1.82) is 0 Å². The van der Waals surface area contributed by atoms with Crippen LogP contribution in [0.25, 0.3) is 45.7 Å². The van der Waals surface area contributed by atoms with E-state index >= 15 is 0 Å². The molecule has 0 unspecified atom stereocenters. The Morgan fingerprint density at radius 1 is 0.581 bits per heavy atom. The van der Waals surface area contributed by atoms with Crippen LogP contribution in [0.5, 0.6) is 0 Å². The fourth-order valence-corrected chi connectivity index (χ4v) is 4.94. The van der Waals surface area contributed by atoms with Gasteiger partial charge >= 0.3 is 0 Å². The Labute approximate surface area is 216 Å². The van der Waals surface area contributed by atoms with E-state index in [1.807, 2.05) is 66.7 Å². The second-order valence-electron chi connectivity index (χ2n) is 6.46. The first-order chi connectivity index (χ1) is 14.7. The molecule has 8 heteroatoms. The van der Waals surface area contributed by atoms with E-state index in [-0.39, 0.29) is 16.8 Å². The number of nitrogens with zero attached hydrogens (tertiary/aromatic N) is 3. The number of pyridine rings is 1. The van der Waals surface area contributed by atoms with Crippen molar-refractivity contribution in [3.8, 4) is 45.7 Å². The van der Waals surface area contributed by atoms with E-state index in [2.05, 4.69) is 55.1 Å². The van der Waals surface area contributed by atoms with Crippen molar-refractivity contribution < 1.29 is 25.6 Å². The average molecular weight is 676 g/mol. The monoisotopic (exact) mass is 676 g/mol. The Morgan fingerprint density at radius 3 is 1.42 bits per heavy atom. The van der Waals surface area contributed by atoms with Crippen molar-refractivity contribution in [3.63, 3.8) is 0 Å². The number of hydrogen-bond acceptors (Lipinski definition) is 5. The molecule has 0 aliphatic carbocycles. The fourth-order valence-electron chi connectivity index (χ4n) is 3.01. The van der Waals surface area contributed by atoms with Gasteiger partial charge in [0.05, 0.1) is 0 Å². The molecule has 0 saturated carbocycles.